The normalized spacial score (nSPS) is 15.5. The Morgan fingerprint density at radius 3 is 2.45 bits per heavy atom. The molecule has 6 nitrogen and oxygen atoms in total. The van der Waals surface area contributed by atoms with Crippen molar-refractivity contribution in [2.24, 2.45) is 0 Å². The number of para-hydroxylation sites is 1. The van der Waals surface area contributed by atoms with Gasteiger partial charge in [0.2, 0.25) is 5.76 Å². The molecule has 0 unspecified atom stereocenters. The minimum Gasteiger partial charge on any atom is -0.496 e. The molecule has 2 aromatic carbocycles. The number of hydrogen-bond acceptors (Lipinski definition) is 5. The Hall–Kier alpha value is -3.12. The summed E-state index contributed by atoms with van der Waals surface area (Å²) < 4.78 is 11.7. The third-order valence-corrected chi connectivity index (χ3v) is 6.78. The van der Waals surface area contributed by atoms with Gasteiger partial charge in [0.25, 0.3) is 5.91 Å². The number of carbonyl (C=O) groups is 1. The van der Waals surface area contributed by atoms with Gasteiger partial charge in [0.05, 0.1) is 24.1 Å². The lowest BCUT2D eigenvalue weighted by atomic mass is 9.96. The summed E-state index contributed by atoms with van der Waals surface area (Å²) in [6.07, 6.45) is 0.805. The van der Waals surface area contributed by atoms with Crippen molar-refractivity contribution in [1.82, 2.24) is 9.80 Å². The van der Waals surface area contributed by atoms with E-state index in [0.29, 0.717) is 28.8 Å². The van der Waals surface area contributed by atoms with Crippen LogP contribution in [-0.4, -0.2) is 49.0 Å². The summed E-state index contributed by atoms with van der Waals surface area (Å²) in [6, 6.07) is 10.8. The third-order valence-electron chi connectivity index (χ3n) is 6.78. The third kappa shape index (κ3) is 4.04. The maximum atomic E-state index is 13.7. The number of benzene rings is 2. The summed E-state index contributed by atoms with van der Waals surface area (Å²) in [5, 5.41) is 0.509. The van der Waals surface area contributed by atoms with Crippen LogP contribution in [0.3, 0.4) is 0 Å². The van der Waals surface area contributed by atoms with Gasteiger partial charge in [-0.3, -0.25) is 9.59 Å². The Kier molecular flexibility index (Phi) is 6.56. The predicted molar refractivity (Wildman–Crippen MR) is 130 cm³/mol. The molecule has 0 aliphatic carbocycles. The molecule has 1 atom stereocenters. The van der Waals surface area contributed by atoms with Crippen LogP contribution in [0.2, 0.25) is 0 Å². The molecular formula is C27H32N2O4. The average molecular weight is 449 g/mol. The van der Waals surface area contributed by atoms with Crippen LogP contribution in [0.4, 0.5) is 0 Å². The van der Waals surface area contributed by atoms with E-state index in [2.05, 4.69) is 18.7 Å². The van der Waals surface area contributed by atoms with Gasteiger partial charge in [-0.05, 0) is 69.2 Å². The summed E-state index contributed by atoms with van der Waals surface area (Å²) in [4.78, 5) is 31.4. The quantitative estimate of drug-likeness (QED) is 0.500. The van der Waals surface area contributed by atoms with Crippen LogP contribution in [0.25, 0.3) is 11.0 Å². The Labute approximate surface area is 194 Å². The van der Waals surface area contributed by atoms with Gasteiger partial charge < -0.3 is 19.0 Å². The number of ether oxygens (including phenoxy) is 1. The highest BCUT2D eigenvalue weighted by atomic mass is 16.5. The first-order valence-electron chi connectivity index (χ1n) is 11.6. The molecule has 1 aliphatic rings. The maximum Gasteiger partial charge on any atom is 0.290 e. The van der Waals surface area contributed by atoms with Crippen molar-refractivity contribution >= 4 is 16.9 Å². The van der Waals surface area contributed by atoms with E-state index in [1.807, 2.05) is 50.2 Å². The molecule has 0 spiro atoms. The van der Waals surface area contributed by atoms with Gasteiger partial charge in [0, 0.05) is 12.1 Å². The maximum absolute atomic E-state index is 13.7. The topological polar surface area (TPSA) is 63.0 Å². The van der Waals surface area contributed by atoms with E-state index in [1.54, 1.807) is 12.0 Å². The van der Waals surface area contributed by atoms with Gasteiger partial charge >= 0.3 is 0 Å². The van der Waals surface area contributed by atoms with Gasteiger partial charge in [0.1, 0.15) is 11.3 Å². The molecule has 0 saturated heterocycles. The Bertz CT molecular complexity index is 1240. The summed E-state index contributed by atoms with van der Waals surface area (Å²) in [7, 11) is 1.61. The fourth-order valence-corrected chi connectivity index (χ4v) is 4.73. The van der Waals surface area contributed by atoms with Gasteiger partial charge in [-0.1, -0.05) is 32.0 Å². The van der Waals surface area contributed by atoms with E-state index < -0.39 is 6.04 Å². The van der Waals surface area contributed by atoms with E-state index >= 15 is 0 Å². The molecule has 0 radical (unpaired) electrons. The first-order valence-corrected chi connectivity index (χ1v) is 11.6. The molecule has 2 heterocycles. The van der Waals surface area contributed by atoms with Crippen molar-refractivity contribution < 1.29 is 13.9 Å². The number of amides is 1. The smallest absolute Gasteiger partial charge is 0.290 e. The summed E-state index contributed by atoms with van der Waals surface area (Å²) in [6.45, 7) is 11.6. The van der Waals surface area contributed by atoms with Crippen LogP contribution in [0, 0.1) is 13.8 Å². The van der Waals surface area contributed by atoms with Crippen molar-refractivity contribution in [3.05, 3.63) is 74.6 Å². The fraction of sp³-hybridized carbons (Fsp3) is 0.407. The summed E-state index contributed by atoms with van der Waals surface area (Å²) in [5.41, 5.74) is 3.55. The van der Waals surface area contributed by atoms with Crippen LogP contribution in [0.5, 0.6) is 5.75 Å². The zero-order valence-electron chi connectivity index (χ0n) is 20.1. The second-order valence-electron chi connectivity index (χ2n) is 8.63. The lowest BCUT2D eigenvalue weighted by Crippen LogP contribution is -2.33. The highest BCUT2D eigenvalue weighted by Crippen LogP contribution is 2.41. The van der Waals surface area contributed by atoms with Crippen LogP contribution < -0.4 is 10.2 Å². The number of nitrogens with zero attached hydrogens (tertiary/aromatic N) is 2. The first kappa shape index (κ1) is 23.1. The van der Waals surface area contributed by atoms with E-state index in [9.17, 15) is 9.59 Å². The Morgan fingerprint density at radius 2 is 1.76 bits per heavy atom. The molecule has 1 amide bonds. The lowest BCUT2D eigenvalue weighted by molar-refractivity contribution is 0.0719. The molecule has 0 fully saturated rings. The fourth-order valence-electron chi connectivity index (χ4n) is 4.73. The van der Waals surface area contributed by atoms with Crippen molar-refractivity contribution in [2.45, 2.75) is 40.2 Å². The average Bonchev–Trinajstić information content (AvgIpc) is 3.10. The minimum absolute atomic E-state index is 0.148. The molecule has 1 aromatic heterocycles. The van der Waals surface area contributed by atoms with Gasteiger partial charge in [-0.25, -0.2) is 0 Å². The largest absolute Gasteiger partial charge is 0.496 e. The number of rotatable bonds is 8. The molecule has 1 aliphatic heterocycles. The molecule has 0 bridgehead atoms. The van der Waals surface area contributed by atoms with Crippen LogP contribution in [-0.2, 0) is 0 Å². The van der Waals surface area contributed by atoms with Crippen molar-refractivity contribution in [1.29, 1.82) is 0 Å². The molecule has 4 rings (SSSR count). The molecule has 33 heavy (non-hydrogen) atoms. The Balaban J connectivity index is 1.86. The minimum atomic E-state index is -0.539. The molecule has 174 valence electrons. The van der Waals surface area contributed by atoms with E-state index in [1.165, 1.54) is 0 Å². The monoisotopic (exact) mass is 448 g/mol. The van der Waals surface area contributed by atoms with Crippen molar-refractivity contribution in [3.8, 4) is 5.75 Å². The summed E-state index contributed by atoms with van der Waals surface area (Å²) >= 11 is 0. The van der Waals surface area contributed by atoms with E-state index in [4.69, 9.17) is 9.15 Å². The van der Waals surface area contributed by atoms with E-state index in [-0.39, 0.29) is 17.1 Å². The first-order chi connectivity index (χ1) is 15.9. The number of hydrogen-bond donors (Lipinski definition) is 0. The second kappa shape index (κ2) is 9.40. The number of fused-ring (bicyclic) bond motifs is 2. The van der Waals surface area contributed by atoms with Crippen molar-refractivity contribution in [2.75, 3.05) is 33.3 Å². The lowest BCUT2D eigenvalue weighted by Gasteiger charge is -2.27. The van der Waals surface area contributed by atoms with E-state index in [0.717, 1.165) is 42.7 Å². The standard InChI is InChI=1S/C27H32N2O4/c1-6-28(7-2)13-10-14-29-24(19-11-8-9-12-21(19)32-5)23-25(30)20-15-17(3)18(4)16-22(20)33-26(23)27(29)31/h8-9,11-12,15-16,24H,6-7,10,13-14H2,1-5H3/t24-/m1/s1. The highest BCUT2D eigenvalue weighted by molar-refractivity contribution is 5.99. The highest BCUT2D eigenvalue weighted by Gasteiger charge is 2.43. The second-order valence-corrected chi connectivity index (χ2v) is 8.63. The van der Waals surface area contributed by atoms with Gasteiger partial charge in [-0.2, -0.15) is 0 Å². The molecule has 0 N–H and O–H groups in total. The SMILES string of the molecule is CCN(CC)CCCN1C(=O)c2oc3cc(C)c(C)cc3c(=O)c2[C@H]1c1ccccc1OC. The predicted octanol–water partition coefficient (Wildman–Crippen LogP) is 4.70. The number of carbonyl (C=O) groups excluding carboxylic acids is 1. The number of methoxy groups -OCH3 is 1. The Morgan fingerprint density at radius 1 is 1.06 bits per heavy atom. The van der Waals surface area contributed by atoms with Gasteiger partial charge in [-0.15, -0.1) is 0 Å². The molecule has 6 heteroatoms. The zero-order valence-corrected chi connectivity index (χ0v) is 20.1. The van der Waals surface area contributed by atoms with Gasteiger partial charge in [0.15, 0.2) is 5.43 Å². The molecular weight excluding hydrogens is 416 g/mol. The van der Waals surface area contributed by atoms with Crippen LogP contribution >= 0.6 is 0 Å². The molecule has 0 saturated carbocycles. The molecule has 3 aromatic rings. The van der Waals surface area contributed by atoms with Crippen LogP contribution in [0.15, 0.2) is 45.6 Å². The number of aryl methyl sites for hydroxylation is 2. The zero-order chi connectivity index (χ0) is 23.7. The van der Waals surface area contributed by atoms with Crippen molar-refractivity contribution in [3.63, 3.8) is 0 Å². The van der Waals surface area contributed by atoms with Crippen LogP contribution in [0.1, 0.15) is 59.1 Å². The summed E-state index contributed by atoms with van der Waals surface area (Å²) in [5.74, 6) is 0.559.